The zero-order valence-electron chi connectivity index (χ0n) is 8.16. The van der Waals surface area contributed by atoms with Crippen molar-refractivity contribution in [2.24, 2.45) is 11.7 Å². The fourth-order valence-corrected chi connectivity index (χ4v) is 2.27. The van der Waals surface area contributed by atoms with E-state index in [2.05, 4.69) is 31.2 Å². The Morgan fingerprint density at radius 3 is 2.92 bits per heavy atom. The molecule has 0 saturated heterocycles. The molecule has 1 aliphatic rings. The molecular formula is C12H17N. The van der Waals surface area contributed by atoms with Gasteiger partial charge in [0, 0.05) is 6.04 Å². The van der Waals surface area contributed by atoms with E-state index in [0.29, 0.717) is 0 Å². The smallest absolute Gasteiger partial charge is 0.0300 e. The van der Waals surface area contributed by atoms with Crippen molar-refractivity contribution >= 4 is 0 Å². The number of fused-ring (bicyclic) bond motifs is 1. The van der Waals surface area contributed by atoms with Gasteiger partial charge in [-0.15, -0.1) is 0 Å². The van der Waals surface area contributed by atoms with E-state index >= 15 is 0 Å². The standard InChI is InChI=1S/C12H17N/c1-2-9-7-10-5-3-4-6-11(10)12(13)8-9/h3-6,9,12H,2,7-8,13H2,1H3. The van der Waals surface area contributed by atoms with Crippen molar-refractivity contribution in [3.8, 4) is 0 Å². The predicted molar refractivity (Wildman–Crippen MR) is 55.5 cm³/mol. The van der Waals surface area contributed by atoms with Crippen LogP contribution in [0.25, 0.3) is 0 Å². The van der Waals surface area contributed by atoms with Gasteiger partial charge in [0.15, 0.2) is 0 Å². The molecule has 2 N–H and O–H groups in total. The van der Waals surface area contributed by atoms with Gasteiger partial charge in [-0.1, -0.05) is 37.6 Å². The summed E-state index contributed by atoms with van der Waals surface area (Å²) in [4.78, 5) is 0. The molecule has 2 rings (SSSR count). The van der Waals surface area contributed by atoms with Crippen LogP contribution in [0.5, 0.6) is 0 Å². The largest absolute Gasteiger partial charge is 0.324 e. The fraction of sp³-hybridized carbons (Fsp3) is 0.500. The van der Waals surface area contributed by atoms with Gasteiger partial charge in [0.25, 0.3) is 0 Å². The van der Waals surface area contributed by atoms with Gasteiger partial charge in [0.1, 0.15) is 0 Å². The second-order valence-electron chi connectivity index (χ2n) is 4.02. The van der Waals surface area contributed by atoms with Crippen molar-refractivity contribution in [1.82, 2.24) is 0 Å². The topological polar surface area (TPSA) is 26.0 Å². The second kappa shape index (κ2) is 3.51. The molecule has 0 saturated carbocycles. The van der Waals surface area contributed by atoms with Crippen molar-refractivity contribution < 1.29 is 0 Å². The molecule has 70 valence electrons. The van der Waals surface area contributed by atoms with E-state index in [1.165, 1.54) is 24.0 Å². The maximum Gasteiger partial charge on any atom is 0.0300 e. The van der Waals surface area contributed by atoms with Crippen LogP contribution in [0.15, 0.2) is 24.3 Å². The van der Waals surface area contributed by atoms with Crippen LogP contribution < -0.4 is 5.73 Å². The van der Waals surface area contributed by atoms with E-state index in [1.54, 1.807) is 0 Å². The summed E-state index contributed by atoms with van der Waals surface area (Å²) in [7, 11) is 0. The van der Waals surface area contributed by atoms with Crippen molar-refractivity contribution in [2.45, 2.75) is 32.2 Å². The van der Waals surface area contributed by atoms with Crippen LogP contribution in [0, 0.1) is 5.92 Å². The quantitative estimate of drug-likeness (QED) is 0.697. The van der Waals surface area contributed by atoms with Crippen LogP contribution in [0.1, 0.15) is 36.9 Å². The minimum atomic E-state index is 0.273. The molecular weight excluding hydrogens is 158 g/mol. The molecule has 1 aromatic rings. The van der Waals surface area contributed by atoms with Gasteiger partial charge in [-0.25, -0.2) is 0 Å². The minimum absolute atomic E-state index is 0.273. The zero-order chi connectivity index (χ0) is 9.26. The van der Waals surface area contributed by atoms with Crippen LogP contribution in [0.3, 0.4) is 0 Å². The average Bonchev–Trinajstić information content (AvgIpc) is 2.18. The Hall–Kier alpha value is -0.820. The summed E-state index contributed by atoms with van der Waals surface area (Å²) in [6, 6.07) is 8.87. The Labute approximate surface area is 80.0 Å². The first-order valence-corrected chi connectivity index (χ1v) is 5.14. The Morgan fingerprint density at radius 2 is 2.15 bits per heavy atom. The summed E-state index contributed by atoms with van der Waals surface area (Å²) in [6.45, 7) is 2.26. The van der Waals surface area contributed by atoms with E-state index < -0.39 is 0 Å². The molecule has 1 aliphatic carbocycles. The van der Waals surface area contributed by atoms with Crippen LogP contribution >= 0.6 is 0 Å². The van der Waals surface area contributed by atoms with Crippen molar-refractivity contribution in [3.05, 3.63) is 35.4 Å². The zero-order valence-corrected chi connectivity index (χ0v) is 8.16. The highest BCUT2D eigenvalue weighted by Gasteiger charge is 2.22. The van der Waals surface area contributed by atoms with Crippen molar-refractivity contribution in [3.63, 3.8) is 0 Å². The molecule has 13 heavy (non-hydrogen) atoms. The number of hydrogen-bond donors (Lipinski definition) is 1. The summed E-state index contributed by atoms with van der Waals surface area (Å²) in [5.41, 5.74) is 8.95. The highest BCUT2D eigenvalue weighted by molar-refractivity contribution is 5.32. The molecule has 1 nitrogen and oxygen atoms in total. The molecule has 2 unspecified atom stereocenters. The first-order chi connectivity index (χ1) is 6.31. The monoisotopic (exact) mass is 175 g/mol. The maximum atomic E-state index is 6.11. The molecule has 0 aliphatic heterocycles. The maximum absolute atomic E-state index is 6.11. The molecule has 0 bridgehead atoms. The van der Waals surface area contributed by atoms with Crippen LogP contribution in [-0.4, -0.2) is 0 Å². The normalized spacial score (nSPS) is 26.9. The lowest BCUT2D eigenvalue weighted by Crippen LogP contribution is -2.23. The Balaban J connectivity index is 2.31. The fourth-order valence-electron chi connectivity index (χ4n) is 2.27. The summed E-state index contributed by atoms with van der Waals surface area (Å²) in [5.74, 6) is 0.796. The van der Waals surface area contributed by atoms with Gasteiger partial charge >= 0.3 is 0 Å². The summed E-state index contributed by atoms with van der Waals surface area (Å²) in [5, 5.41) is 0. The first-order valence-electron chi connectivity index (χ1n) is 5.14. The Morgan fingerprint density at radius 1 is 1.38 bits per heavy atom. The average molecular weight is 175 g/mol. The van der Waals surface area contributed by atoms with Gasteiger partial charge in [-0.2, -0.15) is 0 Å². The van der Waals surface area contributed by atoms with Gasteiger partial charge < -0.3 is 5.73 Å². The van der Waals surface area contributed by atoms with Crippen LogP contribution in [0.4, 0.5) is 0 Å². The third-order valence-corrected chi connectivity index (χ3v) is 3.13. The highest BCUT2D eigenvalue weighted by Crippen LogP contribution is 2.32. The lowest BCUT2D eigenvalue weighted by atomic mass is 9.80. The molecule has 0 aromatic heterocycles. The van der Waals surface area contributed by atoms with E-state index in [4.69, 9.17) is 5.73 Å². The molecule has 0 fully saturated rings. The molecule has 0 heterocycles. The van der Waals surface area contributed by atoms with Gasteiger partial charge in [0.2, 0.25) is 0 Å². The minimum Gasteiger partial charge on any atom is -0.324 e. The van der Waals surface area contributed by atoms with E-state index in [9.17, 15) is 0 Å². The van der Waals surface area contributed by atoms with Gasteiger partial charge in [-0.05, 0) is 29.9 Å². The van der Waals surface area contributed by atoms with Crippen LogP contribution in [0.2, 0.25) is 0 Å². The molecule has 0 radical (unpaired) electrons. The molecule has 1 heteroatoms. The summed E-state index contributed by atoms with van der Waals surface area (Å²) >= 11 is 0. The lowest BCUT2D eigenvalue weighted by Gasteiger charge is -2.28. The third-order valence-electron chi connectivity index (χ3n) is 3.13. The predicted octanol–water partition coefficient (Wildman–Crippen LogP) is 2.66. The summed E-state index contributed by atoms with van der Waals surface area (Å²) < 4.78 is 0. The number of nitrogens with two attached hydrogens (primary N) is 1. The molecule has 0 spiro atoms. The second-order valence-corrected chi connectivity index (χ2v) is 4.02. The van der Waals surface area contributed by atoms with E-state index in [1.807, 2.05) is 0 Å². The number of rotatable bonds is 1. The van der Waals surface area contributed by atoms with E-state index in [0.717, 1.165) is 12.3 Å². The van der Waals surface area contributed by atoms with Gasteiger partial charge in [-0.3, -0.25) is 0 Å². The first kappa shape index (κ1) is 8.76. The number of benzene rings is 1. The third kappa shape index (κ3) is 1.61. The highest BCUT2D eigenvalue weighted by atomic mass is 14.6. The van der Waals surface area contributed by atoms with Gasteiger partial charge in [0.05, 0.1) is 0 Å². The van der Waals surface area contributed by atoms with E-state index in [-0.39, 0.29) is 6.04 Å². The Kier molecular flexibility index (Phi) is 2.36. The SMILES string of the molecule is CCC1Cc2ccccc2C(N)C1. The lowest BCUT2D eigenvalue weighted by molar-refractivity contribution is 0.397. The number of hydrogen-bond acceptors (Lipinski definition) is 1. The Bertz CT molecular complexity index is 293. The molecule has 2 atom stereocenters. The van der Waals surface area contributed by atoms with Crippen LogP contribution in [-0.2, 0) is 6.42 Å². The van der Waals surface area contributed by atoms with Crippen molar-refractivity contribution in [1.29, 1.82) is 0 Å². The summed E-state index contributed by atoms with van der Waals surface area (Å²) in [6.07, 6.45) is 3.63. The molecule has 0 amide bonds. The van der Waals surface area contributed by atoms with Crippen molar-refractivity contribution in [2.75, 3.05) is 0 Å². The molecule has 1 aromatic carbocycles.